The molecule has 0 unspecified atom stereocenters. The number of hydrogen-bond donors (Lipinski definition) is 1. The van der Waals surface area contributed by atoms with E-state index in [1.54, 1.807) is 6.07 Å². The zero-order valence-electron chi connectivity index (χ0n) is 11.5. The predicted octanol–water partition coefficient (Wildman–Crippen LogP) is 3.19. The smallest absolute Gasteiger partial charge is 0.225 e. The van der Waals surface area contributed by atoms with Crippen LogP contribution in [0.2, 0.25) is 0 Å². The number of amides is 1. The first-order valence-electron chi connectivity index (χ1n) is 6.65. The van der Waals surface area contributed by atoms with Crippen LogP contribution in [0.3, 0.4) is 0 Å². The lowest BCUT2D eigenvalue weighted by molar-refractivity contribution is -0.116. The van der Waals surface area contributed by atoms with Crippen molar-refractivity contribution in [3.8, 4) is 5.75 Å². The van der Waals surface area contributed by atoms with Gasteiger partial charge < -0.3 is 10.1 Å². The van der Waals surface area contributed by atoms with Gasteiger partial charge in [-0.25, -0.2) is 4.98 Å². The molecule has 0 aliphatic rings. The number of aryl methyl sites for hydroxylation is 1. The molecule has 0 radical (unpaired) electrons. The first-order chi connectivity index (χ1) is 9.74. The molecular weight excluding hydrogens is 252 g/mol. The zero-order valence-corrected chi connectivity index (χ0v) is 11.5. The Balaban J connectivity index is 1.68. The predicted molar refractivity (Wildman–Crippen MR) is 78.8 cm³/mol. The van der Waals surface area contributed by atoms with Gasteiger partial charge in [-0.1, -0.05) is 24.3 Å². The van der Waals surface area contributed by atoms with E-state index in [0.717, 1.165) is 11.4 Å². The van der Waals surface area contributed by atoms with E-state index in [2.05, 4.69) is 10.3 Å². The van der Waals surface area contributed by atoms with Gasteiger partial charge in [-0.2, -0.15) is 0 Å². The molecule has 0 aliphatic carbocycles. The Morgan fingerprint density at radius 2 is 1.95 bits per heavy atom. The van der Waals surface area contributed by atoms with Crippen LogP contribution in [-0.4, -0.2) is 17.5 Å². The largest absolute Gasteiger partial charge is 0.494 e. The van der Waals surface area contributed by atoms with Gasteiger partial charge in [0, 0.05) is 12.1 Å². The summed E-state index contributed by atoms with van der Waals surface area (Å²) < 4.78 is 5.53. The molecule has 1 heterocycles. The molecule has 1 N–H and O–H groups in total. The van der Waals surface area contributed by atoms with Gasteiger partial charge in [0.05, 0.1) is 6.61 Å². The van der Waals surface area contributed by atoms with Crippen LogP contribution in [0.25, 0.3) is 0 Å². The number of rotatable bonds is 6. The Hall–Kier alpha value is -2.36. The van der Waals surface area contributed by atoms with Gasteiger partial charge in [0.1, 0.15) is 11.6 Å². The fourth-order valence-electron chi connectivity index (χ4n) is 1.76. The summed E-state index contributed by atoms with van der Waals surface area (Å²) in [7, 11) is 0. The van der Waals surface area contributed by atoms with Crippen molar-refractivity contribution in [2.75, 3.05) is 11.9 Å². The summed E-state index contributed by atoms with van der Waals surface area (Å²) in [6.45, 7) is 2.42. The molecular formula is C16H18N2O2. The molecule has 20 heavy (non-hydrogen) atoms. The third-order valence-corrected chi connectivity index (χ3v) is 2.72. The van der Waals surface area contributed by atoms with Gasteiger partial charge in [-0.3, -0.25) is 4.79 Å². The molecule has 1 aromatic heterocycles. The van der Waals surface area contributed by atoms with E-state index in [0.29, 0.717) is 25.3 Å². The van der Waals surface area contributed by atoms with Crippen LogP contribution >= 0.6 is 0 Å². The van der Waals surface area contributed by atoms with Crippen LogP contribution in [-0.2, 0) is 4.79 Å². The second-order valence-electron chi connectivity index (χ2n) is 4.48. The van der Waals surface area contributed by atoms with Crippen molar-refractivity contribution < 1.29 is 9.53 Å². The number of carbonyl (C=O) groups excluding carboxylic acids is 1. The molecule has 0 atom stereocenters. The summed E-state index contributed by atoms with van der Waals surface area (Å²) in [5, 5.41) is 2.78. The lowest BCUT2D eigenvalue weighted by Crippen LogP contribution is -2.13. The monoisotopic (exact) mass is 270 g/mol. The van der Waals surface area contributed by atoms with E-state index < -0.39 is 0 Å². The number of nitrogens with zero attached hydrogens (tertiary/aromatic N) is 1. The number of nitrogens with one attached hydrogen (secondary N) is 1. The van der Waals surface area contributed by atoms with Gasteiger partial charge in [-0.15, -0.1) is 0 Å². The number of para-hydroxylation sites is 1. The lowest BCUT2D eigenvalue weighted by atomic mass is 10.3. The molecule has 4 nitrogen and oxygen atoms in total. The number of pyridine rings is 1. The van der Waals surface area contributed by atoms with E-state index in [1.165, 1.54) is 0 Å². The van der Waals surface area contributed by atoms with E-state index in [9.17, 15) is 4.79 Å². The van der Waals surface area contributed by atoms with E-state index in [1.807, 2.05) is 49.4 Å². The van der Waals surface area contributed by atoms with Gasteiger partial charge in [0.2, 0.25) is 5.91 Å². The van der Waals surface area contributed by atoms with E-state index in [-0.39, 0.29) is 5.91 Å². The molecule has 2 rings (SSSR count). The topological polar surface area (TPSA) is 51.2 Å². The maximum Gasteiger partial charge on any atom is 0.225 e. The molecule has 1 amide bonds. The SMILES string of the molecule is Cc1cccc(NC(=O)CCCOc2ccccc2)n1. The zero-order chi connectivity index (χ0) is 14.2. The lowest BCUT2D eigenvalue weighted by Gasteiger charge is -2.07. The minimum absolute atomic E-state index is 0.0419. The maximum absolute atomic E-state index is 11.7. The quantitative estimate of drug-likeness (QED) is 0.820. The minimum atomic E-state index is -0.0419. The highest BCUT2D eigenvalue weighted by Gasteiger charge is 2.03. The molecule has 4 heteroatoms. The number of anilines is 1. The van der Waals surface area contributed by atoms with Gasteiger partial charge in [0.25, 0.3) is 0 Å². The summed E-state index contributed by atoms with van der Waals surface area (Å²) in [6, 6.07) is 15.1. The summed E-state index contributed by atoms with van der Waals surface area (Å²) in [5.41, 5.74) is 0.884. The van der Waals surface area contributed by atoms with E-state index >= 15 is 0 Å². The van der Waals surface area contributed by atoms with Crippen molar-refractivity contribution in [3.05, 3.63) is 54.2 Å². The maximum atomic E-state index is 11.7. The molecule has 0 spiro atoms. The Kier molecular flexibility index (Phi) is 5.12. The van der Waals surface area contributed by atoms with Crippen LogP contribution in [0.1, 0.15) is 18.5 Å². The number of hydrogen-bond acceptors (Lipinski definition) is 3. The van der Waals surface area contributed by atoms with Crippen molar-refractivity contribution >= 4 is 11.7 Å². The second kappa shape index (κ2) is 7.28. The fraction of sp³-hybridized carbons (Fsp3) is 0.250. The summed E-state index contributed by atoms with van der Waals surface area (Å²) in [6.07, 6.45) is 1.09. The molecule has 0 bridgehead atoms. The minimum Gasteiger partial charge on any atom is -0.494 e. The highest BCUT2D eigenvalue weighted by Crippen LogP contribution is 2.09. The van der Waals surface area contributed by atoms with Crippen molar-refractivity contribution in [1.82, 2.24) is 4.98 Å². The van der Waals surface area contributed by atoms with Crippen LogP contribution in [0.5, 0.6) is 5.75 Å². The average molecular weight is 270 g/mol. The highest BCUT2D eigenvalue weighted by atomic mass is 16.5. The third kappa shape index (κ3) is 4.72. The summed E-state index contributed by atoms with van der Waals surface area (Å²) in [4.78, 5) is 16.0. The molecule has 0 fully saturated rings. The third-order valence-electron chi connectivity index (χ3n) is 2.72. The highest BCUT2D eigenvalue weighted by molar-refractivity contribution is 5.89. The van der Waals surface area contributed by atoms with Crippen molar-refractivity contribution in [3.63, 3.8) is 0 Å². The molecule has 104 valence electrons. The van der Waals surface area contributed by atoms with Crippen LogP contribution in [0.4, 0.5) is 5.82 Å². The number of ether oxygens (including phenoxy) is 1. The Bertz CT molecular complexity index is 555. The number of benzene rings is 1. The van der Waals surface area contributed by atoms with Crippen molar-refractivity contribution in [1.29, 1.82) is 0 Å². The standard InChI is InChI=1S/C16H18N2O2/c1-13-7-5-10-15(17-13)18-16(19)11-6-12-20-14-8-3-2-4-9-14/h2-5,7-10H,6,11-12H2,1H3,(H,17,18,19). The first kappa shape index (κ1) is 14.1. The number of carbonyl (C=O) groups is 1. The normalized spacial score (nSPS) is 10.1. The summed E-state index contributed by atoms with van der Waals surface area (Å²) in [5.74, 6) is 1.38. The number of aromatic nitrogens is 1. The Morgan fingerprint density at radius 3 is 2.70 bits per heavy atom. The van der Waals surface area contributed by atoms with Gasteiger partial charge in [0.15, 0.2) is 0 Å². The fourth-order valence-corrected chi connectivity index (χ4v) is 1.76. The molecule has 1 aromatic carbocycles. The molecule has 0 aliphatic heterocycles. The van der Waals surface area contributed by atoms with Crippen molar-refractivity contribution in [2.24, 2.45) is 0 Å². The van der Waals surface area contributed by atoms with Crippen LogP contribution in [0.15, 0.2) is 48.5 Å². The Labute approximate surface area is 118 Å². The van der Waals surface area contributed by atoms with E-state index in [4.69, 9.17) is 4.74 Å². The van der Waals surface area contributed by atoms with Crippen LogP contribution < -0.4 is 10.1 Å². The average Bonchev–Trinajstić information content (AvgIpc) is 2.45. The summed E-state index contributed by atoms with van der Waals surface area (Å²) >= 11 is 0. The van der Waals surface area contributed by atoms with Crippen molar-refractivity contribution in [2.45, 2.75) is 19.8 Å². The molecule has 2 aromatic rings. The molecule has 0 saturated heterocycles. The first-order valence-corrected chi connectivity index (χ1v) is 6.65. The second-order valence-corrected chi connectivity index (χ2v) is 4.48. The van der Waals surface area contributed by atoms with Gasteiger partial charge >= 0.3 is 0 Å². The van der Waals surface area contributed by atoms with Gasteiger partial charge in [-0.05, 0) is 37.6 Å². The Morgan fingerprint density at radius 1 is 1.15 bits per heavy atom. The molecule has 0 saturated carbocycles. The van der Waals surface area contributed by atoms with Crippen LogP contribution in [0, 0.1) is 6.92 Å².